The van der Waals surface area contributed by atoms with Gasteiger partial charge in [0.15, 0.2) is 0 Å². The van der Waals surface area contributed by atoms with Gasteiger partial charge in [-0.1, -0.05) is 41.9 Å². The first-order valence-electron chi connectivity index (χ1n) is 8.35. The van der Waals surface area contributed by atoms with Crippen LogP contribution in [0.1, 0.15) is 36.6 Å². The van der Waals surface area contributed by atoms with Crippen LogP contribution in [0.25, 0.3) is 10.8 Å². The van der Waals surface area contributed by atoms with E-state index in [4.69, 9.17) is 11.6 Å². The largest absolute Gasteiger partial charge is 0.386 e. The van der Waals surface area contributed by atoms with E-state index in [0.29, 0.717) is 38.9 Å². The van der Waals surface area contributed by atoms with Gasteiger partial charge in [-0.25, -0.2) is 9.59 Å². The molecule has 0 saturated carbocycles. The van der Waals surface area contributed by atoms with Gasteiger partial charge in [-0.15, -0.1) is 0 Å². The summed E-state index contributed by atoms with van der Waals surface area (Å²) < 4.78 is 4.62. The lowest BCUT2D eigenvalue weighted by Gasteiger charge is -2.15. The summed E-state index contributed by atoms with van der Waals surface area (Å²) in [7, 11) is 0. The number of amides is 2. The summed E-state index contributed by atoms with van der Waals surface area (Å²) in [6.45, 7) is 0. The van der Waals surface area contributed by atoms with Crippen molar-refractivity contribution in [3.63, 3.8) is 0 Å². The Bertz CT molecular complexity index is 1160. The van der Waals surface area contributed by atoms with Gasteiger partial charge in [0.25, 0.3) is 5.91 Å². The van der Waals surface area contributed by atoms with E-state index in [2.05, 4.69) is 10.1 Å². The number of carbonyl (C=O) groups is 4. The third-order valence-corrected chi connectivity index (χ3v) is 4.81. The maximum atomic E-state index is 11.5. The average Bonchev–Trinajstić information content (AvgIpc) is 2.67. The van der Waals surface area contributed by atoms with Gasteiger partial charge < -0.3 is 4.74 Å². The Kier molecular flexibility index (Phi) is 4.41. The SMILES string of the molecule is O=C1Cc2ccccc2C(=O)N1.O=C1OC(=O)c2ccc(Cl)c3cccc1c23. The molecule has 0 atom stereocenters. The summed E-state index contributed by atoms with van der Waals surface area (Å²) in [4.78, 5) is 45.1. The smallest absolute Gasteiger partial charge is 0.346 e. The van der Waals surface area contributed by atoms with Gasteiger partial charge in [0, 0.05) is 21.4 Å². The highest BCUT2D eigenvalue weighted by Crippen LogP contribution is 2.32. The molecule has 2 amide bonds. The number of carbonyl (C=O) groups excluding carboxylic acids is 4. The lowest BCUT2D eigenvalue weighted by Crippen LogP contribution is -2.37. The van der Waals surface area contributed by atoms with Crippen molar-refractivity contribution in [1.82, 2.24) is 5.32 Å². The number of hydrogen-bond acceptors (Lipinski definition) is 5. The second-order valence-electron chi connectivity index (χ2n) is 6.21. The molecule has 0 fully saturated rings. The molecule has 0 spiro atoms. The monoisotopic (exact) mass is 393 g/mol. The van der Waals surface area contributed by atoms with Crippen LogP contribution in [0.5, 0.6) is 0 Å². The van der Waals surface area contributed by atoms with Crippen molar-refractivity contribution in [3.05, 3.63) is 81.9 Å². The fourth-order valence-corrected chi connectivity index (χ4v) is 3.43. The maximum Gasteiger partial charge on any atom is 0.346 e. The van der Waals surface area contributed by atoms with E-state index in [1.807, 2.05) is 6.07 Å². The minimum atomic E-state index is -0.620. The average molecular weight is 394 g/mol. The Balaban J connectivity index is 0.000000143. The number of hydrogen-bond donors (Lipinski definition) is 1. The molecule has 0 saturated heterocycles. The van der Waals surface area contributed by atoms with Gasteiger partial charge in [0.05, 0.1) is 17.5 Å². The molecule has 2 aliphatic rings. The highest BCUT2D eigenvalue weighted by atomic mass is 35.5. The van der Waals surface area contributed by atoms with Crippen molar-refractivity contribution in [1.29, 1.82) is 0 Å². The number of fused-ring (bicyclic) bond motifs is 1. The van der Waals surface area contributed by atoms with Crippen LogP contribution in [-0.2, 0) is 16.0 Å². The van der Waals surface area contributed by atoms with Gasteiger partial charge in [-0.3, -0.25) is 14.9 Å². The lowest BCUT2D eigenvalue weighted by atomic mass is 9.97. The number of rotatable bonds is 0. The molecule has 3 aromatic rings. The first kappa shape index (κ1) is 17.9. The number of ether oxygens (including phenoxy) is 1. The number of nitrogens with one attached hydrogen (secondary N) is 1. The minimum absolute atomic E-state index is 0.223. The van der Waals surface area contributed by atoms with Crippen LogP contribution in [0.3, 0.4) is 0 Å². The zero-order valence-corrected chi connectivity index (χ0v) is 15.1. The first-order chi connectivity index (χ1) is 13.5. The summed E-state index contributed by atoms with van der Waals surface area (Å²) in [5, 5.41) is 4.05. The molecule has 0 unspecified atom stereocenters. The van der Waals surface area contributed by atoms with E-state index in [1.54, 1.807) is 48.5 Å². The molecule has 5 rings (SSSR count). The van der Waals surface area contributed by atoms with Crippen LogP contribution < -0.4 is 5.32 Å². The molecular weight excluding hydrogens is 382 g/mol. The van der Waals surface area contributed by atoms with Gasteiger partial charge in [0.1, 0.15) is 0 Å². The van der Waals surface area contributed by atoms with Gasteiger partial charge >= 0.3 is 11.9 Å². The van der Waals surface area contributed by atoms with Crippen molar-refractivity contribution in [2.45, 2.75) is 6.42 Å². The molecule has 138 valence electrons. The Morgan fingerprint density at radius 1 is 0.786 bits per heavy atom. The molecule has 1 N–H and O–H groups in total. The molecule has 3 aromatic carbocycles. The normalized spacial score (nSPS) is 14.6. The van der Waals surface area contributed by atoms with E-state index in [1.165, 1.54) is 0 Å². The minimum Gasteiger partial charge on any atom is -0.386 e. The number of halogens is 1. The van der Waals surface area contributed by atoms with Crippen molar-refractivity contribution in [3.8, 4) is 0 Å². The zero-order chi connectivity index (χ0) is 19.8. The van der Waals surface area contributed by atoms with Crippen LogP contribution >= 0.6 is 11.6 Å². The number of benzene rings is 3. The maximum absolute atomic E-state index is 11.5. The summed E-state index contributed by atoms with van der Waals surface area (Å²) in [6.07, 6.45) is 0.307. The summed E-state index contributed by atoms with van der Waals surface area (Å²) in [5.74, 6) is -1.75. The molecule has 2 heterocycles. The van der Waals surface area contributed by atoms with Crippen molar-refractivity contribution in [2.75, 3.05) is 0 Å². The van der Waals surface area contributed by atoms with Crippen LogP contribution in [0.4, 0.5) is 0 Å². The van der Waals surface area contributed by atoms with E-state index >= 15 is 0 Å². The molecule has 7 heteroatoms. The Hall–Kier alpha value is -3.51. The number of cyclic esters (lactones) is 2. The molecule has 2 aliphatic heterocycles. The fraction of sp³-hybridized carbons (Fsp3) is 0.0476. The van der Waals surface area contributed by atoms with E-state index in [9.17, 15) is 19.2 Å². The number of imide groups is 1. The van der Waals surface area contributed by atoms with Crippen LogP contribution in [-0.4, -0.2) is 23.8 Å². The van der Waals surface area contributed by atoms with Crippen molar-refractivity contribution >= 4 is 46.1 Å². The van der Waals surface area contributed by atoms with Crippen molar-refractivity contribution < 1.29 is 23.9 Å². The van der Waals surface area contributed by atoms with Crippen LogP contribution in [0, 0.1) is 0 Å². The van der Waals surface area contributed by atoms with Crippen LogP contribution in [0.2, 0.25) is 5.02 Å². The van der Waals surface area contributed by atoms with E-state index in [0.717, 1.165) is 5.56 Å². The first-order valence-corrected chi connectivity index (χ1v) is 8.73. The predicted molar refractivity (Wildman–Crippen MR) is 101 cm³/mol. The van der Waals surface area contributed by atoms with Gasteiger partial charge in [-0.2, -0.15) is 0 Å². The van der Waals surface area contributed by atoms with Gasteiger partial charge in [0.2, 0.25) is 5.91 Å². The quantitative estimate of drug-likeness (QED) is 0.359. The summed E-state index contributed by atoms with van der Waals surface area (Å²) in [6, 6.07) is 15.4. The van der Waals surface area contributed by atoms with E-state index in [-0.39, 0.29) is 11.8 Å². The topological polar surface area (TPSA) is 89.5 Å². The Labute approximate surface area is 164 Å². The lowest BCUT2D eigenvalue weighted by molar-refractivity contribution is -0.119. The molecule has 6 nitrogen and oxygen atoms in total. The molecular formula is C21H12ClNO5. The third-order valence-electron chi connectivity index (χ3n) is 4.48. The standard InChI is InChI=1S/C12H5ClO3.C9H7NO2/c13-9-5-4-8-10-6(9)2-1-3-7(10)11(14)16-12(8)15;11-8-5-6-3-1-2-4-7(6)9(12)10-8/h1-5H;1-4H,5H2,(H,10,11,12). The Morgan fingerprint density at radius 2 is 1.46 bits per heavy atom. The highest BCUT2D eigenvalue weighted by Gasteiger charge is 2.27. The predicted octanol–water partition coefficient (Wildman–Crippen LogP) is 3.30. The molecule has 0 bridgehead atoms. The molecule has 0 radical (unpaired) electrons. The second-order valence-corrected chi connectivity index (χ2v) is 6.62. The zero-order valence-electron chi connectivity index (χ0n) is 14.3. The van der Waals surface area contributed by atoms with Gasteiger partial charge in [-0.05, 0) is 29.8 Å². The van der Waals surface area contributed by atoms with Crippen LogP contribution in [0.15, 0.2) is 54.6 Å². The van der Waals surface area contributed by atoms with Crippen molar-refractivity contribution in [2.24, 2.45) is 0 Å². The molecule has 28 heavy (non-hydrogen) atoms. The van der Waals surface area contributed by atoms with E-state index < -0.39 is 11.9 Å². The molecule has 0 aliphatic carbocycles. The third kappa shape index (κ3) is 3.04. The fourth-order valence-electron chi connectivity index (χ4n) is 3.21. The summed E-state index contributed by atoms with van der Waals surface area (Å²) in [5.41, 5.74) is 2.19. The molecule has 0 aromatic heterocycles. The number of esters is 2. The highest BCUT2D eigenvalue weighted by molar-refractivity contribution is 6.37. The Morgan fingerprint density at radius 3 is 2.25 bits per heavy atom. The summed E-state index contributed by atoms with van der Waals surface area (Å²) >= 11 is 6.01. The second kappa shape index (κ2) is 6.90.